The number of ether oxygens (including phenoxy) is 1. The van der Waals surface area contributed by atoms with Crippen molar-refractivity contribution < 1.29 is 19.7 Å². The summed E-state index contributed by atoms with van der Waals surface area (Å²) in [5, 5.41) is 24.5. The van der Waals surface area contributed by atoms with Crippen LogP contribution in [0, 0.1) is 5.92 Å². The van der Waals surface area contributed by atoms with Gasteiger partial charge in [0.25, 0.3) is 0 Å². The van der Waals surface area contributed by atoms with E-state index in [4.69, 9.17) is 4.74 Å². The SMILES string of the molecule is CC(C)(C)OC(=O)NCC1CCCCC1NC(CO)CO. The molecule has 21 heavy (non-hydrogen) atoms. The van der Waals surface area contributed by atoms with Gasteiger partial charge in [-0.05, 0) is 39.5 Å². The molecular weight excluding hydrogens is 272 g/mol. The van der Waals surface area contributed by atoms with Gasteiger partial charge >= 0.3 is 6.09 Å². The van der Waals surface area contributed by atoms with Gasteiger partial charge in [-0.3, -0.25) is 0 Å². The lowest BCUT2D eigenvalue weighted by atomic mass is 9.84. The zero-order valence-corrected chi connectivity index (χ0v) is 13.4. The number of amides is 1. The van der Waals surface area contributed by atoms with E-state index in [9.17, 15) is 15.0 Å². The van der Waals surface area contributed by atoms with Gasteiger partial charge in [0.15, 0.2) is 0 Å². The number of aliphatic hydroxyl groups is 2. The van der Waals surface area contributed by atoms with E-state index in [2.05, 4.69) is 10.6 Å². The fourth-order valence-electron chi connectivity index (χ4n) is 2.67. The second-order valence-corrected chi connectivity index (χ2v) is 6.76. The highest BCUT2D eigenvalue weighted by molar-refractivity contribution is 5.67. The van der Waals surface area contributed by atoms with Gasteiger partial charge < -0.3 is 25.6 Å². The maximum atomic E-state index is 11.7. The normalized spacial score (nSPS) is 23.1. The first-order chi connectivity index (χ1) is 9.85. The largest absolute Gasteiger partial charge is 0.444 e. The molecule has 0 aromatic rings. The highest BCUT2D eigenvalue weighted by Crippen LogP contribution is 2.24. The molecule has 4 N–H and O–H groups in total. The van der Waals surface area contributed by atoms with Gasteiger partial charge in [-0.25, -0.2) is 4.79 Å². The lowest BCUT2D eigenvalue weighted by molar-refractivity contribution is 0.0506. The molecule has 0 saturated heterocycles. The molecule has 1 saturated carbocycles. The Morgan fingerprint density at radius 2 is 1.86 bits per heavy atom. The third-order valence-corrected chi connectivity index (χ3v) is 3.71. The van der Waals surface area contributed by atoms with Crippen molar-refractivity contribution in [3.05, 3.63) is 0 Å². The molecule has 124 valence electrons. The fourth-order valence-corrected chi connectivity index (χ4v) is 2.67. The van der Waals surface area contributed by atoms with Crippen molar-refractivity contribution in [1.82, 2.24) is 10.6 Å². The second-order valence-electron chi connectivity index (χ2n) is 6.76. The van der Waals surface area contributed by atoms with Gasteiger partial charge in [-0.2, -0.15) is 0 Å². The number of rotatable bonds is 6. The maximum Gasteiger partial charge on any atom is 0.407 e. The number of aliphatic hydroxyl groups excluding tert-OH is 2. The van der Waals surface area contributed by atoms with Gasteiger partial charge in [0, 0.05) is 12.6 Å². The van der Waals surface area contributed by atoms with Crippen LogP contribution >= 0.6 is 0 Å². The summed E-state index contributed by atoms with van der Waals surface area (Å²) in [4.78, 5) is 11.7. The minimum atomic E-state index is -0.493. The van der Waals surface area contributed by atoms with Gasteiger partial charge in [0.05, 0.1) is 19.3 Å². The van der Waals surface area contributed by atoms with Crippen LogP contribution in [0.3, 0.4) is 0 Å². The molecule has 1 fully saturated rings. The van der Waals surface area contributed by atoms with Crippen LogP contribution in [-0.4, -0.2) is 53.7 Å². The summed E-state index contributed by atoms with van der Waals surface area (Å²) in [6, 6.07) is -0.0879. The van der Waals surface area contributed by atoms with Crippen LogP contribution in [0.15, 0.2) is 0 Å². The summed E-state index contributed by atoms with van der Waals surface area (Å²) in [5.41, 5.74) is -0.493. The van der Waals surface area contributed by atoms with Crippen molar-refractivity contribution >= 4 is 6.09 Å². The molecule has 0 spiro atoms. The van der Waals surface area contributed by atoms with Gasteiger partial charge in [0.1, 0.15) is 5.60 Å². The number of carbonyl (C=O) groups excluding carboxylic acids is 1. The van der Waals surface area contributed by atoms with Crippen molar-refractivity contribution in [2.45, 2.75) is 64.1 Å². The highest BCUT2D eigenvalue weighted by Gasteiger charge is 2.27. The van der Waals surface area contributed by atoms with Crippen LogP contribution in [0.25, 0.3) is 0 Å². The molecule has 0 aromatic carbocycles. The lowest BCUT2D eigenvalue weighted by Crippen LogP contribution is -2.50. The van der Waals surface area contributed by atoms with E-state index in [1.807, 2.05) is 20.8 Å². The first-order valence-electron chi connectivity index (χ1n) is 7.80. The minimum absolute atomic E-state index is 0.0841. The summed E-state index contributed by atoms with van der Waals surface area (Å²) in [6.45, 7) is 5.90. The number of alkyl carbamates (subject to hydrolysis) is 1. The first kappa shape index (κ1) is 18.2. The fraction of sp³-hybridized carbons (Fsp3) is 0.933. The topological polar surface area (TPSA) is 90.8 Å². The third-order valence-electron chi connectivity index (χ3n) is 3.71. The minimum Gasteiger partial charge on any atom is -0.444 e. The van der Waals surface area contributed by atoms with Crippen molar-refractivity contribution in [2.75, 3.05) is 19.8 Å². The van der Waals surface area contributed by atoms with Gasteiger partial charge in [-0.15, -0.1) is 0 Å². The van der Waals surface area contributed by atoms with Crippen LogP contribution in [-0.2, 0) is 4.74 Å². The summed E-state index contributed by atoms with van der Waals surface area (Å²) < 4.78 is 5.24. The van der Waals surface area contributed by atoms with Crippen LogP contribution in [0.5, 0.6) is 0 Å². The lowest BCUT2D eigenvalue weighted by Gasteiger charge is -2.34. The molecule has 1 aliphatic rings. The average molecular weight is 302 g/mol. The quantitative estimate of drug-likeness (QED) is 0.588. The Balaban J connectivity index is 2.44. The predicted molar refractivity (Wildman–Crippen MR) is 81.1 cm³/mol. The van der Waals surface area contributed by atoms with Crippen LogP contribution in [0.1, 0.15) is 46.5 Å². The van der Waals surface area contributed by atoms with Gasteiger partial charge in [-0.1, -0.05) is 12.8 Å². The third kappa shape index (κ3) is 7.11. The molecule has 6 heteroatoms. The van der Waals surface area contributed by atoms with Crippen molar-refractivity contribution in [1.29, 1.82) is 0 Å². The highest BCUT2D eigenvalue weighted by atomic mass is 16.6. The van der Waals surface area contributed by atoms with Crippen molar-refractivity contribution in [2.24, 2.45) is 5.92 Å². The van der Waals surface area contributed by atoms with E-state index >= 15 is 0 Å². The summed E-state index contributed by atoms with van der Waals surface area (Å²) in [5.74, 6) is 0.298. The molecule has 6 nitrogen and oxygen atoms in total. The number of hydrogen-bond acceptors (Lipinski definition) is 5. The Bertz CT molecular complexity index is 313. The monoisotopic (exact) mass is 302 g/mol. The Kier molecular flexibility index (Phi) is 7.42. The van der Waals surface area contributed by atoms with E-state index < -0.39 is 11.7 Å². The molecule has 0 bridgehead atoms. The average Bonchev–Trinajstić information content (AvgIpc) is 2.41. The second kappa shape index (κ2) is 8.56. The van der Waals surface area contributed by atoms with E-state index in [0.29, 0.717) is 12.5 Å². The number of nitrogens with one attached hydrogen (secondary N) is 2. The molecule has 0 heterocycles. The van der Waals surface area contributed by atoms with E-state index in [-0.39, 0.29) is 25.3 Å². The number of carbonyl (C=O) groups is 1. The molecule has 1 amide bonds. The van der Waals surface area contributed by atoms with Crippen LogP contribution < -0.4 is 10.6 Å². The standard InChI is InChI=1S/C15H30N2O4/c1-15(2,3)21-14(20)16-8-11-6-4-5-7-13(11)17-12(9-18)10-19/h11-13,17-19H,4-10H2,1-3H3,(H,16,20). The molecule has 0 aliphatic heterocycles. The van der Waals surface area contributed by atoms with Crippen LogP contribution in [0.2, 0.25) is 0 Å². The Morgan fingerprint density at radius 3 is 2.43 bits per heavy atom. The zero-order chi connectivity index (χ0) is 15.9. The first-order valence-corrected chi connectivity index (χ1v) is 7.80. The molecule has 2 atom stereocenters. The van der Waals surface area contributed by atoms with Crippen molar-refractivity contribution in [3.8, 4) is 0 Å². The Hall–Kier alpha value is -0.850. The molecular formula is C15H30N2O4. The Morgan fingerprint density at radius 1 is 1.24 bits per heavy atom. The number of hydrogen-bond donors (Lipinski definition) is 4. The zero-order valence-electron chi connectivity index (χ0n) is 13.4. The molecule has 1 aliphatic carbocycles. The van der Waals surface area contributed by atoms with E-state index in [1.165, 1.54) is 0 Å². The molecule has 0 radical (unpaired) electrons. The smallest absolute Gasteiger partial charge is 0.407 e. The maximum absolute atomic E-state index is 11.7. The van der Waals surface area contributed by atoms with Crippen molar-refractivity contribution in [3.63, 3.8) is 0 Å². The summed E-state index contributed by atoms with van der Waals surface area (Å²) >= 11 is 0. The summed E-state index contributed by atoms with van der Waals surface area (Å²) in [7, 11) is 0. The molecule has 0 aromatic heterocycles. The summed E-state index contributed by atoms with van der Waals surface area (Å²) in [6.07, 6.45) is 3.90. The van der Waals surface area contributed by atoms with E-state index in [1.54, 1.807) is 0 Å². The van der Waals surface area contributed by atoms with E-state index in [0.717, 1.165) is 25.7 Å². The van der Waals surface area contributed by atoms with Gasteiger partial charge in [0.2, 0.25) is 0 Å². The van der Waals surface area contributed by atoms with Crippen LogP contribution in [0.4, 0.5) is 4.79 Å². The predicted octanol–water partition coefficient (Wildman–Crippen LogP) is 1.01. The molecule has 2 unspecified atom stereocenters. The molecule has 1 rings (SSSR count). The Labute approximate surface area is 127 Å².